The third kappa shape index (κ3) is 8.08. The van der Waals surface area contributed by atoms with Gasteiger partial charge in [0.1, 0.15) is 17.1 Å². The van der Waals surface area contributed by atoms with E-state index in [0.29, 0.717) is 46.6 Å². The van der Waals surface area contributed by atoms with Crippen molar-refractivity contribution >= 4 is 32.3 Å². The molecule has 0 bridgehead atoms. The highest BCUT2D eigenvalue weighted by molar-refractivity contribution is 7.90. The molecular weight excluding hydrogens is 512 g/mol. The van der Waals surface area contributed by atoms with Crippen molar-refractivity contribution in [3.63, 3.8) is 0 Å². The van der Waals surface area contributed by atoms with Crippen LogP contribution in [0.15, 0.2) is 45.7 Å². The minimum atomic E-state index is -3.57. The first-order chi connectivity index (χ1) is 18.7. The van der Waals surface area contributed by atoms with Gasteiger partial charge >= 0.3 is 0 Å². The lowest BCUT2D eigenvalue weighted by Gasteiger charge is -2.21. The van der Waals surface area contributed by atoms with Crippen LogP contribution >= 0.6 is 0 Å². The molecule has 214 valence electrons. The van der Waals surface area contributed by atoms with E-state index in [9.17, 15) is 13.2 Å². The molecule has 0 aliphatic carbocycles. The molecule has 0 amide bonds. The third-order valence-electron chi connectivity index (χ3n) is 6.97. The topological polar surface area (TPSA) is 103 Å². The molecule has 0 radical (unpaired) electrons. The van der Waals surface area contributed by atoms with E-state index in [-0.39, 0.29) is 16.4 Å². The van der Waals surface area contributed by atoms with Gasteiger partial charge in [-0.1, -0.05) is 40.0 Å². The number of fused-ring (bicyclic) bond motifs is 1. The smallest absolute Gasteiger partial charge is 0.197 e. The maximum atomic E-state index is 13.7. The lowest BCUT2D eigenvalue weighted by Crippen LogP contribution is -2.28. The number of nitrogen functional groups attached to an aromatic ring is 1. The SMILES string of the molecule is CCCCc1oc2ccc(S(C)(=O)=O)c(N)c2c1C(=O)c1ccc(OCCCN(CCCC)CCCC)cc1. The average molecular weight is 557 g/mol. The number of carbonyl (C=O) groups excluding carboxylic acids is 1. The van der Waals surface area contributed by atoms with Gasteiger partial charge in [-0.25, -0.2) is 8.42 Å². The Balaban J connectivity index is 1.76. The maximum Gasteiger partial charge on any atom is 0.197 e. The molecule has 7 nitrogen and oxygen atoms in total. The zero-order chi connectivity index (χ0) is 28.4. The quantitative estimate of drug-likeness (QED) is 0.113. The summed E-state index contributed by atoms with van der Waals surface area (Å²) in [5.74, 6) is 0.999. The van der Waals surface area contributed by atoms with E-state index < -0.39 is 9.84 Å². The molecule has 3 aromatic rings. The maximum absolute atomic E-state index is 13.7. The summed E-state index contributed by atoms with van der Waals surface area (Å²) in [5, 5.41) is 0.366. The van der Waals surface area contributed by atoms with E-state index in [2.05, 4.69) is 25.7 Å². The summed E-state index contributed by atoms with van der Waals surface area (Å²) in [5.41, 5.74) is 7.60. The second kappa shape index (κ2) is 14.5. The number of hydrogen-bond acceptors (Lipinski definition) is 7. The van der Waals surface area contributed by atoms with E-state index >= 15 is 0 Å². The number of sulfone groups is 1. The minimum absolute atomic E-state index is 0.00130. The van der Waals surface area contributed by atoms with Gasteiger partial charge in [0.2, 0.25) is 0 Å². The van der Waals surface area contributed by atoms with Gasteiger partial charge in [-0.3, -0.25) is 4.79 Å². The molecule has 1 heterocycles. The largest absolute Gasteiger partial charge is 0.494 e. The Morgan fingerprint density at radius 2 is 1.51 bits per heavy atom. The number of nitrogens with zero attached hydrogens (tertiary/aromatic N) is 1. The third-order valence-corrected chi connectivity index (χ3v) is 8.13. The Labute approximate surface area is 233 Å². The number of unbranched alkanes of at least 4 members (excludes halogenated alkanes) is 3. The highest BCUT2D eigenvalue weighted by atomic mass is 32.2. The van der Waals surface area contributed by atoms with Gasteiger partial charge in [0.25, 0.3) is 0 Å². The van der Waals surface area contributed by atoms with Gasteiger partial charge in [0.15, 0.2) is 15.6 Å². The van der Waals surface area contributed by atoms with Gasteiger partial charge in [0, 0.05) is 24.8 Å². The first-order valence-corrected chi connectivity index (χ1v) is 16.1. The van der Waals surface area contributed by atoms with E-state index in [1.54, 1.807) is 30.3 Å². The zero-order valence-electron chi connectivity index (χ0n) is 23.9. The molecule has 0 saturated carbocycles. The molecule has 0 unspecified atom stereocenters. The molecule has 0 aliphatic rings. The van der Waals surface area contributed by atoms with Crippen LogP contribution in [0.25, 0.3) is 11.0 Å². The monoisotopic (exact) mass is 556 g/mol. The van der Waals surface area contributed by atoms with E-state index in [0.717, 1.165) is 45.2 Å². The molecule has 0 fully saturated rings. The van der Waals surface area contributed by atoms with Crippen molar-refractivity contribution in [1.82, 2.24) is 4.90 Å². The summed E-state index contributed by atoms with van der Waals surface area (Å²) in [7, 11) is -3.57. The van der Waals surface area contributed by atoms with Crippen LogP contribution in [-0.4, -0.2) is 51.6 Å². The van der Waals surface area contributed by atoms with Crippen LogP contribution in [0.1, 0.15) is 87.4 Å². The number of ether oxygens (including phenoxy) is 1. The van der Waals surface area contributed by atoms with Crippen molar-refractivity contribution in [1.29, 1.82) is 0 Å². The number of rotatable bonds is 17. The van der Waals surface area contributed by atoms with Crippen LogP contribution in [0, 0.1) is 0 Å². The van der Waals surface area contributed by atoms with Crippen molar-refractivity contribution < 1.29 is 22.4 Å². The molecule has 0 atom stereocenters. The number of carbonyl (C=O) groups is 1. The number of ketones is 1. The van der Waals surface area contributed by atoms with Crippen LogP contribution in [0.5, 0.6) is 5.75 Å². The number of furan rings is 1. The molecule has 0 spiro atoms. The Bertz CT molecular complexity index is 1320. The van der Waals surface area contributed by atoms with Crippen molar-refractivity contribution in [2.45, 2.75) is 77.0 Å². The summed E-state index contributed by atoms with van der Waals surface area (Å²) >= 11 is 0. The number of aryl methyl sites for hydroxylation is 1. The molecule has 8 heteroatoms. The normalized spacial score (nSPS) is 11.9. The van der Waals surface area contributed by atoms with Crippen molar-refractivity contribution in [3.05, 3.63) is 53.3 Å². The average Bonchev–Trinajstić information content (AvgIpc) is 3.29. The van der Waals surface area contributed by atoms with Crippen molar-refractivity contribution in [3.8, 4) is 5.75 Å². The lowest BCUT2D eigenvalue weighted by molar-refractivity contribution is 0.103. The van der Waals surface area contributed by atoms with Gasteiger partial charge < -0.3 is 19.8 Å². The van der Waals surface area contributed by atoms with Crippen molar-refractivity contribution in [2.24, 2.45) is 0 Å². The highest BCUT2D eigenvalue weighted by Gasteiger charge is 2.26. The fraction of sp³-hybridized carbons (Fsp3) is 0.516. The van der Waals surface area contributed by atoms with Crippen LogP contribution in [-0.2, 0) is 16.3 Å². The molecule has 0 aliphatic heterocycles. The predicted molar refractivity (Wildman–Crippen MR) is 159 cm³/mol. The summed E-state index contributed by atoms with van der Waals surface area (Å²) in [6.45, 7) is 10.4. The summed E-state index contributed by atoms with van der Waals surface area (Å²) < 4.78 is 36.6. The second-order valence-corrected chi connectivity index (χ2v) is 12.2. The number of benzene rings is 2. The molecule has 39 heavy (non-hydrogen) atoms. The number of hydrogen-bond donors (Lipinski definition) is 1. The fourth-order valence-electron chi connectivity index (χ4n) is 4.75. The molecule has 2 aromatic carbocycles. The second-order valence-electron chi connectivity index (χ2n) is 10.2. The zero-order valence-corrected chi connectivity index (χ0v) is 24.7. The van der Waals surface area contributed by atoms with Crippen LogP contribution in [0.4, 0.5) is 5.69 Å². The Hall–Kier alpha value is -2.84. The van der Waals surface area contributed by atoms with Crippen molar-refractivity contribution in [2.75, 3.05) is 38.2 Å². The molecule has 0 saturated heterocycles. The van der Waals surface area contributed by atoms with Gasteiger partial charge in [0.05, 0.1) is 28.1 Å². The van der Waals surface area contributed by atoms with E-state index in [1.807, 2.05) is 0 Å². The van der Waals surface area contributed by atoms with Gasteiger partial charge in [-0.05, 0) is 75.2 Å². The van der Waals surface area contributed by atoms with Gasteiger partial charge in [-0.2, -0.15) is 0 Å². The molecule has 1 aromatic heterocycles. The number of nitrogens with two attached hydrogens (primary N) is 1. The summed E-state index contributed by atoms with van der Waals surface area (Å²) in [4.78, 5) is 16.2. The first kappa shape index (κ1) is 30.7. The lowest BCUT2D eigenvalue weighted by atomic mass is 9.97. The molecule has 3 rings (SSSR count). The van der Waals surface area contributed by atoms with E-state index in [1.165, 1.54) is 31.7 Å². The fourth-order valence-corrected chi connectivity index (χ4v) is 5.56. The Morgan fingerprint density at radius 3 is 2.10 bits per heavy atom. The Morgan fingerprint density at radius 1 is 0.897 bits per heavy atom. The number of anilines is 1. The van der Waals surface area contributed by atoms with E-state index in [4.69, 9.17) is 14.9 Å². The highest BCUT2D eigenvalue weighted by Crippen LogP contribution is 2.37. The molecular formula is C31H44N2O5S. The predicted octanol–water partition coefficient (Wildman–Crippen LogP) is 6.66. The minimum Gasteiger partial charge on any atom is -0.494 e. The summed E-state index contributed by atoms with van der Waals surface area (Å²) in [6.07, 6.45) is 9.20. The standard InChI is InChI=1S/C31H44N2O5S/c1-5-8-12-25-29(28-26(38-25)17-18-27(30(28)32)39(4,35)36)31(34)23-13-15-24(16-14-23)37-22-11-21-33(19-9-6-2)20-10-7-3/h13-18H,5-12,19-22,32H2,1-4H3. The van der Waals surface area contributed by atoms with Crippen LogP contribution in [0.2, 0.25) is 0 Å². The summed E-state index contributed by atoms with van der Waals surface area (Å²) in [6, 6.07) is 10.1. The molecule has 2 N–H and O–H groups in total. The van der Waals surface area contributed by atoms with Gasteiger partial charge in [-0.15, -0.1) is 0 Å². The Kier molecular flexibility index (Phi) is 11.4. The first-order valence-electron chi connectivity index (χ1n) is 14.2. The van der Waals surface area contributed by atoms with Crippen LogP contribution in [0.3, 0.4) is 0 Å². The van der Waals surface area contributed by atoms with Crippen LogP contribution < -0.4 is 10.5 Å².